The molecule has 2 aromatic carbocycles. The van der Waals surface area contributed by atoms with E-state index in [9.17, 15) is 14.7 Å². The number of amides is 1. The molecule has 4 aromatic rings. The van der Waals surface area contributed by atoms with E-state index in [0.29, 0.717) is 23.2 Å². The molecular formula is C30H33N5O5. The predicted octanol–water partition coefficient (Wildman–Crippen LogP) is 6.00. The zero-order chi connectivity index (χ0) is 29.1. The molecule has 0 spiro atoms. The van der Waals surface area contributed by atoms with Crippen LogP contribution in [0.15, 0.2) is 65.3 Å². The van der Waals surface area contributed by atoms with Crippen LogP contribution >= 0.6 is 0 Å². The molecule has 0 fully saturated rings. The molecule has 0 aliphatic rings. The smallest absolute Gasteiger partial charge is 0.408 e. The van der Waals surface area contributed by atoms with Gasteiger partial charge in [0.25, 0.3) is 0 Å². The van der Waals surface area contributed by atoms with Gasteiger partial charge in [-0.2, -0.15) is 0 Å². The number of aromatic nitrogens is 4. The summed E-state index contributed by atoms with van der Waals surface area (Å²) in [5.41, 5.74) is 1.39. The molecule has 0 aliphatic carbocycles. The summed E-state index contributed by atoms with van der Waals surface area (Å²) in [6.45, 7) is 11.1. The summed E-state index contributed by atoms with van der Waals surface area (Å²) in [5.74, 6) is -0.675. The molecule has 10 nitrogen and oxygen atoms in total. The van der Waals surface area contributed by atoms with Crippen molar-refractivity contribution in [3.8, 4) is 22.7 Å². The largest absolute Gasteiger partial charge is 0.478 e. The van der Waals surface area contributed by atoms with Crippen molar-refractivity contribution in [2.75, 3.05) is 0 Å². The summed E-state index contributed by atoms with van der Waals surface area (Å²) in [5, 5.41) is 21.1. The van der Waals surface area contributed by atoms with E-state index in [0.717, 1.165) is 11.3 Å². The van der Waals surface area contributed by atoms with Crippen molar-refractivity contribution in [3.63, 3.8) is 0 Å². The van der Waals surface area contributed by atoms with Gasteiger partial charge in [-0.15, -0.1) is 10.2 Å². The Labute approximate surface area is 232 Å². The third-order valence-electron chi connectivity index (χ3n) is 6.06. The maximum atomic E-state index is 12.8. The third kappa shape index (κ3) is 6.88. The molecule has 208 valence electrons. The molecule has 40 heavy (non-hydrogen) atoms. The number of carboxylic acids is 1. The van der Waals surface area contributed by atoms with Crippen LogP contribution in [0.25, 0.3) is 22.7 Å². The lowest BCUT2D eigenvalue weighted by atomic mass is 9.92. The average molecular weight is 544 g/mol. The SMILES string of the molecule is CC(C)c1cnc(-c2cc(C(=O)O)cc(-c3nnc(C(C)(Cc4ccccc4)NC(=O)OC(C)(C)C)o3)c2)cn1. The highest BCUT2D eigenvalue weighted by molar-refractivity contribution is 5.91. The number of benzene rings is 2. The van der Waals surface area contributed by atoms with Crippen molar-refractivity contribution in [1.82, 2.24) is 25.5 Å². The van der Waals surface area contributed by atoms with Crippen LogP contribution in [-0.2, 0) is 16.7 Å². The van der Waals surface area contributed by atoms with E-state index in [1.165, 1.54) is 12.1 Å². The number of alkyl carbamates (subject to hydrolysis) is 1. The molecule has 1 unspecified atom stereocenters. The van der Waals surface area contributed by atoms with Crippen molar-refractivity contribution >= 4 is 12.1 Å². The summed E-state index contributed by atoms with van der Waals surface area (Å²) in [7, 11) is 0. The van der Waals surface area contributed by atoms with Crippen molar-refractivity contribution in [2.24, 2.45) is 0 Å². The fraction of sp³-hybridized carbons (Fsp3) is 0.333. The van der Waals surface area contributed by atoms with E-state index < -0.39 is 23.2 Å². The minimum absolute atomic E-state index is 0.0286. The number of carbonyl (C=O) groups is 2. The molecule has 4 rings (SSSR count). The lowest BCUT2D eigenvalue weighted by Gasteiger charge is -2.29. The molecule has 1 amide bonds. The Morgan fingerprint density at radius 1 is 0.975 bits per heavy atom. The predicted molar refractivity (Wildman–Crippen MR) is 149 cm³/mol. The minimum atomic E-state index is -1.12. The van der Waals surface area contributed by atoms with E-state index in [4.69, 9.17) is 9.15 Å². The van der Waals surface area contributed by atoms with Crippen LogP contribution in [0.3, 0.4) is 0 Å². The van der Waals surface area contributed by atoms with Gasteiger partial charge in [-0.3, -0.25) is 9.97 Å². The highest BCUT2D eigenvalue weighted by Crippen LogP contribution is 2.31. The number of nitrogens with one attached hydrogen (secondary N) is 1. The first-order valence-corrected chi connectivity index (χ1v) is 12.9. The lowest BCUT2D eigenvalue weighted by Crippen LogP contribution is -2.47. The molecule has 0 radical (unpaired) electrons. The van der Waals surface area contributed by atoms with Gasteiger partial charge in [0.2, 0.25) is 11.8 Å². The van der Waals surface area contributed by atoms with Gasteiger partial charge in [-0.1, -0.05) is 44.2 Å². The molecule has 2 heterocycles. The second-order valence-electron chi connectivity index (χ2n) is 11.1. The van der Waals surface area contributed by atoms with Gasteiger partial charge in [-0.05, 0) is 57.4 Å². The normalized spacial score (nSPS) is 13.1. The second-order valence-corrected chi connectivity index (χ2v) is 11.1. The molecular weight excluding hydrogens is 510 g/mol. The zero-order valence-corrected chi connectivity index (χ0v) is 23.4. The number of carbonyl (C=O) groups excluding carboxylic acids is 1. The highest BCUT2D eigenvalue weighted by atomic mass is 16.6. The van der Waals surface area contributed by atoms with Crippen LogP contribution in [0.5, 0.6) is 0 Å². The van der Waals surface area contributed by atoms with Crippen molar-refractivity contribution in [3.05, 3.63) is 83.6 Å². The standard InChI is InChI=1S/C30H33N5O5/c1-18(2)23-16-32-24(17-31-23)20-12-21(14-22(13-20)26(36)37)25-34-35-27(39-25)30(6,15-19-10-8-7-9-11-19)33-28(38)40-29(3,4)5/h7-14,16-18H,15H2,1-6H3,(H,33,38)(H,36,37). The number of carboxylic acid groups (broad SMARTS) is 1. The number of hydrogen-bond acceptors (Lipinski definition) is 8. The number of rotatable bonds is 8. The van der Waals surface area contributed by atoms with Gasteiger partial charge in [0.15, 0.2) is 0 Å². The number of nitrogens with zero attached hydrogens (tertiary/aromatic N) is 4. The van der Waals surface area contributed by atoms with Gasteiger partial charge in [0, 0.05) is 23.7 Å². The minimum Gasteiger partial charge on any atom is -0.478 e. The highest BCUT2D eigenvalue weighted by Gasteiger charge is 2.37. The lowest BCUT2D eigenvalue weighted by molar-refractivity contribution is 0.0443. The fourth-order valence-electron chi connectivity index (χ4n) is 4.08. The van der Waals surface area contributed by atoms with E-state index in [2.05, 4.69) is 25.5 Å². The first-order chi connectivity index (χ1) is 18.8. The van der Waals surface area contributed by atoms with Gasteiger partial charge < -0.3 is 19.6 Å². The topological polar surface area (TPSA) is 140 Å². The first kappa shape index (κ1) is 28.4. The Bertz CT molecular complexity index is 1490. The van der Waals surface area contributed by atoms with Crippen LogP contribution in [0.2, 0.25) is 0 Å². The Morgan fingerprint density at radius 2 is 1.68 bits per heavy atom. The monoisotopic (exact) mass is 543 g/mol. The van der Waals surface area contributed by atoms with E-state index >= 15 is 0 Å². The summed E-state index contributed by atoms with van der Waals surface area (Å²) < 4.78 is 11.6. The molecule has 10 heteroatoms. The van der Waals surface area contributed by atoms with Crippen molar-refractivity contribution in [2.45, 2.75) is 65.0 Å². The van der Waals surface area contributed by atoms with Crippen LogP contribution < -0.4 is 5.32 Å². The molecule has 0 bridgehead atoms. The Morgan fingerprint density at radius 3 is 2.27 bits per heavy atom. The van der Waals surface area contributed by atoms with E-state index in [1.54, 1.807) is 46.2 Å². The number of hydrogen-bond donors (Lipinski definition) is 2. The molecule has 0 saturated heterocycles. The summed E-state index contributed by atoms with van der Waals surface area (Å²) in [6.07, 6.45) is 2.99. The van der Waals surface area contributed by atoms with Gasteiger partial charge in [-0.25, -0.2) is 9.59 Å². The first-order valence-electron chi connectivity index (χ1n) is 12.9. The van der Waals surface area contributed by atoms with Crippen LogP contribution in [-0.4, -0.2) is 42.9 Å². The number of ether oxygens (including phenoxy) is 1. The molecule has 1 atom stereocenters. The Hall–Kier alpha value is -4.60. The third-order valence-corrected chi connectivity index (χ3v) is 6.06. The van der Waals surface area contributed by atoms with Crippen LogP contribution in [0.1, 0.15) is 75.0 Å². The molecule has 0 aliphatic heterocycles. The van der Waals surface area contributed by atoms with E-state index in [-0.39, 0.29) is 23.3 Å². The molecule has 0 saturated carbocycles. The quantitative estimate of drug-likeness (QED) is 0.274. The summed E-state index contributed by atoms with van der Waals surface area (Å²) in [4.78, 5) is 33.7. The van der Waals surface area contributed by atoms with Crippen molar-refractivity contribution < 1.29 is 23.8 Å². The van der Waals surface area contributed by atoms with Crippen LogP contribution in [0, 0.1) is 0 Å². The second kappa shape index (κ2) is 11.3. The van der Waals surface area contributed by atoms with Gasteiger partial charge in [0.1, 0.15) is 11.1 Å². The maximum absolute atomic E-state index is 12.8. The van der Waals surface area contributed by atoms with Crippen molar-refractivity contribution in [1.29, 1.82) is 0 Å². The molecule has 2 N–H and O–H groups in total. The van der Waals surface area contributed by atoms with E-state index in [1.807, 2.05) is 44.2 Å². The summed E-state index contributed by atoms with van der Waals surface area (Å²) in [6, 6.07) is 14.3. The van der Waals surface area contributed by atoms with Gasteiger partial charge in [0.05, 0.1) is 23.1 Å². The fourth-order valence-corrected chi connectivity index (χ4v) is 4.08. The Balaban J connectivity index is 1.73. The van der Waals surface area contributed by atoms with Gasteiger partial charge >= 0.3 is 12.1 Å². The Kier molecular flexibility index (Phi) is 7.99. The zero-order valence-electron chi connectivity index (χ0n) is 23.4. The maximum Gasteiger partial charge on any atom is 0.408 e. The van der Waals surface area contributed by atoms with Crippen LogP contribution in [0.4, 0.5) is 4.79 Å². The summed E-state index contributed by atoms with van der Waals surface area (Å²) >= 11 is 0. The average Bonchev–Trinajstić information content (AvgIpc) is 3.39. The number of aromatic carboxylic acids is 1. The molecule has 2 aromatic heterocycles.